The Bertz CT molecular complexity index is 501. The minimum atomic E-state index is -0.942. The van der Waals surface area contributed by atoms with E-state index >= 15 is 0 Å². The first-order valence-electron chi connectivity index (χ1n) is 6.43. The molecular weight excluding hydrogens is 268 g/mol. The van der Waals surface area contributed by atoms with Crippen molar-refractivity contribution in [2.45, 2.75) is 13.3 Å². The molecule has 0 aliphatic rings. The Morgan fingerprint density at radius 3 is 2.33 bits per heavy atom. The Kier molecular flexibility index (Phi) is 9.83. The van der Waals surface area contributed by atoms with Crippen LogP contribution in [0.25, 0.3) is 6.08 Å². The van der Waals surface area contributed by atoms with Crippen LogP contribution in [0.3, 0.4) is 0 Å². The lowest BCUT2D eigenvalue weighted by molar-refractivity contribution is -0.137. The van der Waals surface area contributed by atoms with E-state index in [1.165, 1.54) is 0 Å². The molecular formula is C17H20O4. The number of carbonyl (C=O) groups is 2. The third-order valence-electron chi connectivity index (χ3n) is 2.23. The fourth-order valence-corrected chi connectivity index (χ4v) is 1.19. The fourth-order valence-electron chi connectivity index (χ4n) is 1.19. The van der Waals surface area contributed by atoms with Crippen molar-refractivity contribution in [1.29, 1.82) is 0 Å². The molecule has 1 aromatic carbocycles. The number of ether oxygens (including phenoxy) is 1. The molecule has 0 aliphatic carbocycles. The molecule has 4 nitrogen and oxygen atoms in total. The molecule has 112 valence electrons. The molecule has 0 amide bonds. The molecule has 0 bridgehead atoms. The number of hydrogen-bond acceptors (Lipinski definition) is 3. The second-order valence-electron chi connectivity index (χ2n) is 3.88. The molecule has 0 aliphatic heterocycles. The Balaban J connectivity index is 0.000000486. The zero-order chi connectivity index (χ0) is 16.1. The van der Waals surface area contributed by atoms with Gasteiger partial charge in [0, 0.05) is 11.6 Å². The summed E-state index contributed by atoms with van der Waals surface area (Å²) in [6.07, 6.45) is 5.20. The summed E-state index contributed by atoms with van der Waals surface area (Å²) < 4.78 is 4.43. The van der Waals surface area contributed by atoms with Gasteiger partial charge in [0.2, 0.25) is 0 Å². The summed E-state index contributed by atoms with van der Waals surface area (Å²) in [4.78, 5) is 20.5. The van der Waals surface area contributed by atoms with E-state index in [-0.39, 0.29) is 11.5 Å². The molecule has 1 rings (SSSR count). The van der Waals surface area contributed by atoms with E-state index in [0.29, 0.717) is 13.0 Å². The quantitative estimate of drug-likeness (QED) is 0.643. The third kappa shape index (κ3) is 9.90. The fraction of sp³-hybridized carbons (Fsp3) is 0.176. The standard InChI is InChI=1S/C12H12O2.C5H8O2/c1-10(12(13)14)6-5-9-11-7-3-2-4-8-11;1-3-5(6)7-4-2/h2-5,7-9H,1,6H2,(H,13,14);3H,1,4H2,2H3. The first-order valence-corrected chi connectivity index (χ1v) is 6.43. The topological polar surface area (TPSA) is 63.6 Å². The van der Waals surface area contributed by atoms with Gasteiger partial charge in [-0.1, -0.05) is 55.6 Å². The summed E-state index contributed by atoms with van der Waals surface area (Å²) >= 11 is 0. The number of carboxylic acid groups (broad SMARTS) is 1. The molecule has 0 saturated carbocycles. The van der Waals surface area contributed by atoms with Crippen LogP contribution in [0.2, 0.25) is 0 Å². The first-order chi connectivity index (χ1) is 10.0. The minimum Gasteiger partial charge on any atom is -0.478 e. The summed E-state index contributed by atoms with van der Waals surface area (Å²) in [6, 6.07) is 9.73. The van der Waals surface area contributed by atoms with Crippen LogP contribution in [-0.4, -0.2) is 23.7 Å². The average Bonchev–Trinajstić information content (AvgIpc) is 2.49. The number of benzene rings is 1. The average molecular weight is 288 g/mol. The van der Waals surface area contributed by atoms with Gasteiger partial charge in [-0.05, 0) is 18.9 Å². The Hall–Kier alpha value is -2.62. The van der Waals surface area contributed by atoms with Crippen LogP contribution in [0, 0.1) is 0 Å². The Labute approximate surface area is 125 Å². The molecule has 0 unspecified atom stereocenters. The Morgan fingerprint density at radius 2 is 1.90 bits per heavy atom. The van der Waals surface area contributed by atoms with Gasteiger partial charge in [0.05, 0.1) is 6.61 Å². The normalized spacial score (nSPS) is 9.38. The van der Waals surface area contributed by atoms with E-state index in [0.717, 1.165) is 11.6 Å². The van der Waals surface area contributed by atoms with Crippen molar-refractivity contribution < 1.29 is 19.4 Å². The smallest absolute Gasteiger partial charge is 0.331 e. The molecule has 0 saturated heterocycles. The van der Waals surface area contributed by atoms with Crippen LogP contribution in [0.5, 0.6) is 0 Å². The predicted octanol–water partition coefficient (Wildman–Crippen LogP) is 3.47. The molecule has 0 radical (unpaired) electrons. The van der Waals surface area contributed by atoms with Crippen molar-refractivity contribution in [2.24, 2.45) is 0 Å². The summed E-state index contributed by atoms with van der Waals surface area (Å²) in [5, 5.41) is 8.55. The van der Waals surface area contributed by atoms with Gasteiger partial charge in [0.25, 0.3) is 0 Å². The Morgan fingerprint density at radius 1 is 1.29 bits per heavy atom. The van der Waals surface area contributed by atoms with E-state index in [2.05, 4.69) is 17.9 Å². The molecule has 0 aromatic heterocycles. The molecule has 21 heavy (non-hydrogen) atoms. The van der Waals surface area contributed by atoms with E-state index in [9.17, 15) is 9.59 Å². The predicted molar refractivity (Wildman–Crippen MR) is 83.7 cm³/mol. The van der Waals surface area contributed by atoms with Crippen LogP contribution >= 0.6 is 0 Å². The number of allylic oxidation sites excluding steroid dienone is 1. The number of carboxylic acids is 1. The number of rotatable bonds is 6. The van der Waals surface area contributed by atoms with Gasteiger partial charge in [-0.25, -0.2) is 9.59 Å². The molecule has 0 heterocycles. The number of carbonyl (C=O) groups excluding carboxylic acids is 1. The van der Waals surface area contributed by atoms with Gasteiger partial charge in [-0.3, -0.25) is 0 Å². The third-order valence-corrected chi connectivity index (χ3v) is 2.23. The first kappa shape index (κ1) is 18.4. The molecule has 0 atom stereocenters. The second kappa shape index (κ2) is 11.2. The summed E-state index contributed by atoms with van der Waals surface area (Å²) in [7, 11) is 0. The van der Waals surface area contributed by atoms with Crippen LogP contribution in [0.1, 0.15) is 18.9 Å². The van der Waals surface area contributed by atoms with Crippen LogP contribution < -0.4 is 0 Å². The molecule has 1 N–H and O–H groups in total. The number of aliphatic carboxylic acids is 1. The van der Waals surface area contributed by atoms with Gasteiger partial charge in [-0.2, -0.15) is 0 Å². The maximum atomic E-state index is 10.4. The van der Waals surface area contributed by atoms with Crippen molar-refractivity contribution in [3.8, 4) is 0 Å². The van der Waals surface area contributed by atoms with Gasteiger partial charge >= 0.3 is 11.9 Å². The van der Waals surface area contributed by atoms with Crippen molar-refractivity contribution in [3.05, 3.63) is 66.8 Å². The summed E-state index contributed by atoms with van der Waals surface area (Å²) in [5.41, 5.74) is 1.27. The van der Waals surface area contributed by atoms with E-state index in [1.807, 2.05) is 36.4 Å². The maximum absolute atomic E-state index is 10.4. The van der Waals surface area contributed by atoms with Crippen molar-refractivity contribution in [2.75, 3.05) is 6.61 Å². The van der Waals surface area contributed by atoms with Gasteiger partial charge < -0.3 is 9.84 Å². The lowest BCUT2D eigenvalue weighted by Crippen LogP contribution is -1.97. The highest BCUT2D eigenvalue weighted by molar-refractivity contribution is 5.86. The molecule has 0 fully saturated rings. The highest BCUT2D eigenvalue weighted by atomic mass is 16.5. The lowest BCUT2D eigenvalue weighted by atomic mass is 10.1. The van der Waals surface area contributed by atoms with E-state index in [1.54, 1.807) is 13.0 Å². The second-order valence-corrected chi connectivity index (χ2v) is 3.88. The maximum Gasteiger partial charge on any atom is 0.331 e. The van der Waals surface area contributed by atoms with Crippen molar-refractivity contribution >= 4 is 18.0 Å². The number of esters is 1. The van der Waals surface area contributed by atoms with Crippen molar-refractivity contribution in [1.82, 2.24) is 0 Å². The zero-order valence-electron chi connectivity index (χ0n) is 12.1. The van der Waals surface area contributed by atoms with Crippen molar-refractivity contribution in [3.63, 3.8) is 0 Å². The van der Waals surface area contributed by atoms with E-state index in [4.69, 9.17) is 5.11 Å². The van der Waals surface area contributed by atoms with Crippen LogP contribution in [0.4, 0.5) is 0 Å². The molecule has 0 spiro atoms. The van der Waals surface area contributed by atoms with Crippen LogP contribution in [0.15, 0.2) is 61.2 Å². The molecule has 4 heteroatoms. The van der Waals surface area contributed by atoms with Gasteiger partial charge in [0.1, 0.15) is 0 Å². The van der Waals surface area contributed by atoms with Gasteiger partial charge in [0.15, 0.2) is 0 Å². The molecule has 1 aromatic rings. The monoisotopic (exact) mass is 288 g/mol. The summed E-state index contributed by atoms with van der Waals surface area (Å²) in [5.74, 6) is -1.30. The van der Waals surface area contributed by atoms with Gasteiger partial charge in [-0.15, -0.1) is 0 Å². The zero-order valence-corrected chi connectivity index (χ0v) is 12.1. The highest BCUT2D eigenvalue weighted by Gasteiger charge is 1.99. The SMILES string of the molecule is C=C(CC=Cc1ccccc1)C(=O)O.C=CC(=O)OCC. The number of hydrogen-bond donors (Lipinski definition) is 1. The largest absolute Gasteiger partial charge is 0.478 e. The highest BCUT2D eigenvalue weighted by Crippen LogP contribution is 2.05. The lowest BCUT2D eigenvalue weighted by Gasteiger charge is -1.93. The minimum absolute atomic E-state index is 0.206. The summed E-state index contributed by atoms with van der Waals surface area (Å²) in [6.45, 7) is 8.81. The van der Waals surface area contributed by atoms with Crippen LogP contribution in [-0.2, 0) is 14.3 Å². The van der Waals surface area contributed by atoms with E-state index < -0.39 is 5.97 Å².